The van der Waals surface area contributed by atoms with Gasteiger partial charge in [0.25, 0.3) is 0 Å². The lowest BCUT2D eigenvalue weighted by atomic mass is 10.0. The van der Waals surface area contributed by atoms with Crippen LogP contribution in [0.4, 0.5) is 0 Å². The van der Waals surface area contributed by atoms with Crippen molar-refractivity contribution < 1.29 is 5.11 Å². The molecule has 0 bridgehead atoms. The zero-order valence-electron chi connectivity index (χ0n) is 9.56. The fraction of sp³-hybridized carbons (Fsp3) is 0. The first-order chi connectivity index (χ1) is 8.84. The molecule has 1 heterocycles. The van der Waals surface area contributed by atoms with Gasteiger partial charge in [-0.1, -0.05) is 36.4 Å². The maximum atomic E-state index is 9.88. The second kappa shape index (κ2) is 4.33. The standard InChI is InChI=1S/C14H11N3O/c18-14-7-6-12(11-4-2-1-3-5-11)8-13(14)17-9-15-16-10-17/h1-10,18H. The zero-order chi connectivity index (χ0) is 12.4. The Labute approximate surface area is 104 Å². The number of phenolic OH excluding ortho intramolecular Hbond substituents is 1. The Morgan fingerprint density at radius 3 is 2.28 bits per heavy atom. The Balaban J connectivity index is 2.12. The Morgan fingerprint density at radius 1 is 0.833 bits per heavy atom. The summed E-state index contributed by atoms with van der Waals surface area (Å²) in [4.78, 5) is 0. The van der Waals surface area contributed by atoms with Crippen molar-refractivity contribution in [2.24, 2.45) is 0 Å². The van der Waals surface area contributed by atoms with Gasteiger partial charge >= 0.3 is 0 Å². The maximum Gasteiger partial charge on any atom is 0.139 e. The van der Waals surface area contributed by atoms with E-state index in [0.717, 1.165) is 11.1 Å². The van der Waals surface area contributed by atoms with E-state index in [1.165, 1.54) is 0 Å². The number of benzene rings is 2. The van der Waals surface area contributed by atoms with Crippen LogP contribution in [0.2, 0.25) is 0 Å². The lowest BCUT2D eigenvalue weighted by molar-refractivity contribution is 0.472. The molecule has 0 unspecified atom stereocenters. The molecule has 0 radical (unpaired) electrons. The van der Waals surface area contributed by atoms with E-state index >= 15 is 0 Å². The van der Waals surface area contributed by atoms with E-state index in [2.05, 4.69) is 10.2 Å². The van der Waals surface area contributed by atoms with E-state index in [1.807, 2.05) is 42.5 Å². The number of hydrogen-bond donors (Lipinski definition) is 1. The molecule has 0 spiro atoms. The van der Waals surface area contributed by atoms with E-state index in [1.54, 1.807) is 23.3 Å². The Bertz CT molecular complexity index is 648. The second-order valence-corrected chi connectivity index (χ2v) is 3.94. The van der Waals surface area contributed by atoms with Crippen molar-refractivity contribution in [2.75, 3.05) is 0 Å². The SMILES string of the molecule is Oc1ccc(-c2ccccc2)cc1-n1cnnc1. The smallest absolute Gasteiger partial charge is 0.139 e. The third kappa shape index (κ3) is 1.84. The van der Waals surface area contributed by atoms with Crippen molar-refractivity contribution in [3.63, 3.8) is 0 Å². The van der Waals surface area contributed by atoms with Crippen LogP contribution in [0.15, 0.2) is 61.2 Å². The first-order valence-electron chi connectivity index (χ1n) is 5.58. The fourth-order valence-corrected chi connectivity index (χ4v) is 1.87. The largest absolute Gasteiger partial charge is 0.506 e. The van der Waals surface area contributed by atoms with Crippen molar-refractivity contribution in [3.8, 4) is 22.6 Å². The molecule has 3 rings (SSSR count). The van der Waals surface area contributed by atoms with Crippen LogP contribution in [-0.2, 0) is 0 Å². The quantitative estimate of drug-likeness (QED) is 0.745. The molecule has 2 aromatic carbocycles. The topological polar surface area (TPSA) is 50.9 Å². The Morgan fingerprint density at radius 2 is 1.56 bits per heavy atom. The molecule has 0 saturated heterocycles. The molecule has 0 atom stereocenters. The summed E-state index contributed by atoms with van der Waals surface area (Å²) < 4.78 is 1.68. The van der Waals surface area contributed by atoms with Gasteiger partial charge in [0.05, 0.1) is 5.69 Å². The fourth-order valence-electron chi connectivity index (χ4n) is 1.87. The summed E-state index contributed by atoms with van der Waals surface area (Å²) in [5.41, 5.74) is 2.81. The van der Waals surface area contributed by atoms with E-state index in [4.69, 9.17) is 0 Å². The van der Waals surface area contributed by atoms with Crippen LogP contribution in [0.1, 0.15) is 0 Å². The van der Waals surface area contributed by atoms with Gasteiger partial charge in [0, 0.05) is 0 Å². The van der Waals surface area contributed by atoms with Gasteiger partial charge < -0.3 is 5.11 Å². The number of aromatic hydroxyl groups is 1. The van der Waals surface area contributed by atoms with Gasteiger partial charge in [0.2, 0.25) is 0 Å². The highest BCUT2D eigenvalue weighted by Crippen LogP contribution is 2.28. The Kier molecular flexibility index (Phi) is 2.53. The van der Waals surface area contributed by atoms with Crippen molar-refractivity contribution in [3.05, 3.63) is 61.2 Å². The van der Waals surface area contributed by atoms with Gasteiger partial charge in [-0.05, 0) is 23.3 Å². The summed E-state index contributed by atoms with van der Waals surface area (Å²) in [6.45, 7) is 0. The predicted octanol–water partition coefficient (Wildman–Crippen LogP) is 2.64. The molecule has 4 heteroatoms. The molecule has 1 aromatic heterocycles. The normalized spacial score (nSPS) is 10.4. The summed E-state index contributed by atoms with van der Waals surface area (Å²) in [6.07, 6.45) is 3.12. The van der Waals surface area contributed by atoms with Crippen LogP contribution >= 0.6 is 0 Å². The Hall–Kier alpha value is -2.62. The van der Waals surface area contributed by atoms with Crippen LogP contribution in [0, 0.1) is 0 Å². The molecule has 18 heavy (non-hydrogen) atoms. The van der Waals surface area contributed by atoms with Gasteiger partial charge in [-0.25, -0.2) is 0 Å². The molecule has 4 nitrogen and oxygen atoms in total. The molecule has 0 fully saturated rings. The van der Waals surface area contributed by atoms with Crippen molar-refractivity contribution in [1.29, 1.82) is 0 Å². The van der Waals surface area contributed by atoms with Crippen molar-refractivity contribution in [2.45, 2.75) is 0 Å². The lowest BCUT2D eigenvalue weighted by Crippen LogP contribution is -1.91. The second-order valence-electron chi connectivity index (χ2n) is 3.94. The molecule has 0 amide bonds. The highest BCUT2D eigenvalue weighted by atomic mass is 16.3. The number of nitrogens with zero attached hydrogens (tertiary/aromatic N) is 3. The lowest BCUT2D eigenvalue weighted by Gasteiger charge is -2.08. The molecule has 0 aliphatic rings. The molecule has 1 N–H and O–H groups in total. The van der Waals surface area contributed by atoms with E-state index in [-0.39, 0.29) is 5.75 Å². The predicted molar refractivity (Wildman–Crippen MR) is 68.5 cm³/mol. The monoisotopic (exact) mass is 237 g/mol. The minimum Gasteiger partial charge on any atom is -0.506 e. The molecule has 0 aliphatic heterocycles. The summed E-state index contributed by atoms with van der Waals surface area (Å²) >= 11 is 0. The summed E-state index contributed by atoms with van der Waals surface area (Å²) in [5, 5.41) is 17.4. The van der Waals surface area contributed by atoms with E-state index in [0.29, 0.717) is 5.69 Å². The highest BCUT2D eigenvalue weighted by Gasteiger charge is 2.06. The van der Waals surface area contributed by atoms with Crippen LogP contribution in [0.5, 0.6) is 5.75 Å². The van der Waals surface area contributed by atoms with Gasteiger partial charge in [-0.2, -0.15) is 0 Å². The first kappa shape index (κ1) is 10.5. The maximum absolute atomic E-state index is 9.88. The van der Waals surface area contributed by atoms with Crippen LogP contribution in [-0.4, -0.2) is 19.9 Å². The van der Waals surface area contributed by atoms with E-state index in [9.17, 15) is 5.11 Å². The number of aromatic nitrogens is 3. The molecular formula is C14H11N3O. The average molecular weight is 237 g/mol. The molecule has 0 aliphatic carbocycles. The minimum absolute atomic E-state index is 0.203. The van der Waals surface area contributed by atoms with Crippen LogP contribution in [0.25, 0.3) is 16.8 Å². The average Bonchev–Trinajstić information content (AvgIpc) is 2.94. The van der Waals surface area contributed by atoms with Crippen molar-refractivity contribution >= 4 is 0 Å². The molecule has 3 aromatic rings. The molecule has 88 valence electrons. The minimum atomic E-state index is 0.203. The van der Waals surface area contributed by atoms with Gasteiger partial charge in [-0.3, -0.25) is 4.57 Å². The van der Waals surface area contributed by atoms with Gasteiger partial charge in [-0.15, -0.1) is 10.2 Å². The van der Waals surface area contributed by atoms with Crippen LogP contribution < -0.4 is 0 Å². The molecule has 0 saturated carbocycles. The van der Waals surface area contributed by atoms with E-state index < -0.39 is 0 Å². The molecular weight excluding hydrogens is 226 g/mol. The third-order valence-corrected chi connectivity index (χ3v) is 2.78. The van der Waals surface area contributed by atoms with Gasteiger partial charge in [0.1, 0.15) is 18.4 Å². The summed E-state index contributed by atoms with van der Waals surface area (Å²) in [6, 6.07) is 15.5. The third-order valence-electron chi connectivity index (χ3n) is 2.78. The summed E-state index contributed by atoms with van der Waals surface area (Å²) in [7, 11) is 0. The number of rotatable bonds is 2. The number of phenols is 1. The van der Waals surface area contributed by atoms with Gasteiger partial charge in [0.15, 0.2) is 0 Å². The number of hydrogen-bond acceptors (Lipinski definition) is 3. The summed E-state index contributed by atoms with van der Waals surface area (Å²) in [5.74, 6) is 0.203. The van der Waals surface area contributed by atoms with Crippen LogP contribution in [0.3, 0.4) is 0 Å². The highest BCUT2D eigenvalue weighted by molar-refractivity contribution is 5.68. The zero-order valence-corrected chi connectivity index (χ0v) is 9.56. The first-order valence-corrected chi connectivity index (χ1v) is 5.58. The van der Waals surface area contributed by atoms with Crippen molar-refractivity contribution in [1.82, 2.24) is 14.8 Å².